The molecular weight excluding hydrogens is 186 g/mol. The first kappa shape index (κ1) is 13.0. The number of nitrogens with one attached hydrogen (secondary N) is 1. The van der Waals surface area contributed by atoms with E-state index in [0.29, 0.717) is 12.1 Å². The summed E-state index contributed by atoms with van der Waals surface area (Å²) in [6.45, 7) is 8.83. The Bertz CT molecular complexity index is 153. The third kappa shape index (κ3) is 5.53. The van der Waals surface area contributed by atoms with Gasteiger partial charge < -0.3 is 10.1 Å². The van der Waals surface area contributed by atoms with Gasteiger partial charge in [0.1, 0.15) is 0 Å². The zero-order valence-electron chi connectivity index (χ0n) is 10.6. The first-order valence-electron chi connectivity index (χ1n) is 6.56. The molecule has 1 N–H and O–H groups in total. The molecule has 0 bridgehead atoms. The first-order chi connectivity index (χ1) is 7.22. The number of rotatable bonds is 5. The summed E-state index contributed by atoms with van der Waals surface area (Å²) in [5, 5.41) is 3.74. The van der Waals surface area contributed by atoms with Crippen LogP contribution in [0.15, 0.2) is 0 Å². The van der Waals surface area contributed by atoms with E-state index in [4.69, 9.17) is 4.74 Å². The molecule has 0 aliphatic carbocycles. The molecule has 3 atom stereocenters. The molecule has 0 aromatic heterocycles. The van der Waals surface area contributed by atoms with Gasteiger partial charge in [0.05, 0.1) is 0 Å². The smallest absolute Gasteiger partial charge is 0.0480 e. The Morgan fingerprint density at radius 1 is 1.27 bits per heavy atom. The van der Waals surface area contributed by atoms with E-state index in [1.165, 1.54) is 32.1 Å². The second kappa shape index (κ2) is 7.24. The van der Waals surface area contributed by atoms with E-state index in [2.05, 4.69) is 26.1 Å². The zero-order valence-corrected chi connectivity index (χ0v) is 10.6. The SMILES string of the molecule is CCC(C)CC(C)NC1CCCOCC1. The number of ether oxygens (including phenoxy) is 1. The summed E-state index contributed by atoms with van der Waals surface area (Å²) in [6, 6.07) is 1.34. The molecule has 1 rings (SSSR count). The quantitative estimate of drug-likeness (QED) is 0.758. The highest BCUT2D eigenvalue weighted by molar-refractivity contribution is 4.74. The molecule has 0 amide bonds. The van der Waals surface area contributed by atoms with Gasteiger partial charge in [-0.15, -0.1) is 0 Å². The first-order valence-corrected chi connectivity index (χ1v) is 6.56. The molecule has 1 aliphatic rings. The highest BCUT2D eigenvalue weighted by Gasteiger charge is 2.15. The fraction of sp³-hybridized carbons (Fsp3) is 1.00. The standard InChI is InChI=1S/C13H27NO/c1-4-11(2)10-12(3)14-13-6-5-8-15-9-7-13/h11-14H,4-10H2,1-3H3. The van der Waals surface area contributed by atoms with Crippen molar-refractivity contribution in [1.82, 2.24) is 5.32 Å². The van der Waals surface area contributed by atoms with Gasteiger partial charge in [-0.25, -0.2) is 0 Å². The average molecular weight is 213 g/mol. The Kier molecular flexibility index (Phi) is 6.26. The molecule has 0 radical (unpaired) electrons. The van der Waals surface area contributed by atoms with E-state index in [1.54, 1.807) is 0 Å². The lowest BCUT2D eigenvalue weighted by atomic mass is 9.99. The monoisotopic (exact) mass is 213 g/mol. The van der Waals surface area contributed by atoms with Crippen molar-refractivity contribution < 1.29 is 4.74 Å². The highest BCUT2D eigenvalue weighted by Crippen LogP contribution is 2.13. The maximum absolute atomic E-state index is 5.47. The summed E-state index contributed by atoms with van der Waals surface area (Å²) in [5.74, 6) is 0.842. The van der Waals surface area contributed by atoms with Crippen molar-refractivity contribution in [3.63, 3.8) is 0 Å². The van der Waals surface area contributed by atoms with Gasteiger partial charge in [0.15, 0.2) is 0 Å². The molecule has 90 valence electrons. The summed E-state index contributed by atoms with van der Waals surface area (Å²) < 4.78 is 5.47. The predicted molar refractivity (Wildman–Crippen MR) is 65.1 cm³/mol. The Morgan fingerprint density at radius 2 is 2.07 bits per heavy atom. The van der Waals surface area contributed by atoms with Crippen LogP contribution in [0, 0.1) is 5.92 Å². The van der Waals surface area contributed by atoms with Crippen molar-refractivity contribution in [2.45, 2.75) is 65.0 Å². The van der Waals surface area contributed by atoms with E-state index >= 15 is 0 Å². The Morgan fingerprint density at radius 3 is 2.80 bits per heavy atom. The lowest BCUT2D eigenvalue weighted by Crippen LogP contribution is -2.37. The fourth-order valence-corrected chi connectivity index (χ4v) is 2.31. The lowest BCUT2D eigenvalue weighted by molar-refractivity contribution is 0.142. The molecule has 2 heteroatoms. The van der Waals surface area contributed by atoms with Gasteiger partial charge in [-0.1, -0.05) is 20.3 Å². The van der Waals surface area contributed by atoms with Crippen LogP contribution in [0.3, 0.4) is 0 Å². The van der Waals surface area contributed by atoms with Crippen molar-refractivity contribution in [2.75, 3.05) is 13.2 Å². The van der Waals surface area contributed by atoms with Gasteiger partial charge >= 0.3 is 0 Å². The topological polar surface area (TPSA) is 21.3 Å². The molecule has 1 heterocycles. The largest absolute Gasteiger partial charge is 0.381 e. The minimum atomic E-state index is 0.656. The Hall–Kier alpha value is -0.0800. The van der Waals surface area contributed by atoms with Crippen molar-refractivity contribution in [3.05, 3.63) is 0 Å². The molecule has 1 saturated heterocycles. The van der Waals surface area contributed by atoms with E-state index in [0.717, 1.165) is 19.1 Å². The van der Waals surface area contributed by atoms with E-state index in [-0.39, 0.29) is 0 Å². The normalized spacial score (nSPS) is 27.0. The Balaban J connectivity index is 2.20. The fourth-order valence-electron chi connectivity index (χ4n) is 2.31. The van der Waals surface area contributed by atoms with Gasteiger partial charge in [-0.05, 0) is 38.5 Å². The molecule has 0 saturated carbocycles. The van der Waals surface area contributed by atoms with Crippen LogP contribution in [-0.4, -0.2) is 25.3 Å². The van der Waals surface area contributed by atoms with Crippen LogP contribution in [-0.2, 0) is 4.74 Å². The van der Waals surface area contributed by atoms with Gasteiger partial charge in [0.2, 0.25) is 0 Å². The number of hydrogen-bond donors (Lipinski definition) is 1. The molecular formula is C13H27NO. The second-order valence-corrected chi connectivity index (χ2v) is 5.06. The van der Waals surface area contributed by atoms with E-state index in [1.807, 2.05) is 0 Å². The van der Waals surface area contributed by atoms with Gasteiger partial charge in [-0.3, -0.25) is 0 Å². The summed E-state index contributed by atoms with van der Waals surface area (Å²) in [4.78, 5) is 0. The van der Waals surface area contributed by atoms with Crippen LogP contribution in [0.2, 0.25) is 0 Å². The summed E-state index contributed by atoms with van der Waals surface area (Å²) in [7, 11) is 0. The predicted octanol–water partition coefficient (Wildman–Crippen LogP) is 2.97. The third-order valence-corrected chi connectivity index (χ3v) is 3.42. The van der Waals surface area contributed by atoms with E-state index < -0.39 is 0 Å². The molecule has 0 aromatic carbocycles. The third-order valence-electron chi connectivity index (χ3n) is 3.42. The highest BCUT2D eigenvalue weighted by atomic mass is 16.5. The summed E-state index contributed by atoms with van der Waals surface area (Å²) in [5.41, 5.74) is 0. The maximum Gasteiger partial charge on any atom is 0.0480 e. The zero-order chi connectivity index (χ0) is 11.1. The van der Waals surface area contributed by atoms with Crippen LogP contribution in [0.4, 0.5) is 0 Å². The maximum atomic E-state index is 5.47. The molecule has 0 spiro atoms. The van der Waals surface area contributed by atoms with Gasteiger partial charge in [0, 0.05) is 25.3 Å². The van der Waals surface area contributed by atoms with Gasteiger partial charge in [-0.2, -0.15) is 0 Å². The molecule has 1 aliphatic heterocycles. The van der Waals surface area contributed by atoms with Crippen LogP contribution in [0.5, 0.6) is 0 Å². The molecule has 1 fully saturated rings. The van der Waals surface area contributed by atoms with E-state index in [9.17, 15) is 0 Å². The second-order valence-electron chi connectivity index (χ2n) is 5.06. The van der Waals surface area contributed by atoms with Crippen LogP contribution >= 0.6 is 0 Å². The molecule has 2 nitrogen and oxygen atoms in total. The Labute approximate surface area is 94.8 Å². The minimum Gasteiger partial charge on any atom is -0.381 e. The van der Waals surface area contributed by atoms with Crippen LogP contribution < -0.4 is 5.32 Å². The van der Waals surface area contributed by atoms with Crippen LogP contribution in [0.25, 0.3) is 0 Å². The molecule has 0 aromatic rings. The van der Waals surface area contributed by atoms with Gasteiger partial charge in [0.25, 0.3) is 0 Å². The van der Waals surface area contributed by atoms with Crippen LogP contribution in [0.1, 0.15) is 52.9 Å². The molecule has 3 unspecified atom stereocenters. The molecule has 15 heavy (non-hydrogen) atoms. The lowest BCUT2D eigenvalue weighted by Gasteiger charge is -2.23. The van der Waals surface area contributed by atoms with Crippen molar-refractivity contribution in [3.8, 4) is 0 Å². The average Bonchev–Trinajstić information content (AvgIpc) is 2.46. The summed E-state index contributed by atoms with van der Waals surface area (Å²) >= 11 is 0. The van der Waals surface area contributed by atoms with Crippen molar-refractivity contribution >= 4 is 0 Å². The van der Waals surface area contributed by atoms with Crippen molar-refractivity contribution in [1.29, 1.82) is 0 Å². The summed E-state index contributed by atoms with van der Waals surface area (Å²) in [6.07, 6.45) is 6.27. The van der Waals surface area contributed by atoms with Crippen molar-refractivity contribution in [2.24, 2.45) is 5.92 Å². The number of hydrogen-bond acceptors (Lipinski definition) is 2. The minimum absolute atomic E-state index is 0.656.